The fraction of sp³-hybridized carbons (Fsp3) is 0.462. The van der Waals surface area contributed by atoms with Gasteiger partial charge < -0.3 is 10.5 Å². The van der Waals surface area contributed by atoms with Gasteiger partial charge in [0.1, 0.15) is 0 Å². The summed E-state index contributed by atoms with van der Waals surface area (Å²) in [5.74, 6) is 1.45. The van der Waals surface area contributed by atoms with Gasteiger partial charge in [0.2, 0.25) is 0 Å². The molecule has 0 fully saturated rings. The van der Waals surface area contributed by atoms with Crippen molar-refractivity contribution in [1.29, 1.82) is 0 Å². The summed E-state index contributed by atoms with van der Waals surface area (Å²) in [7, 11) is 0. The van der Waals surface area contributed by atoms with Crippen LogP contribution in [0.3, 0.4) is 0 Å². The van der Waals surface area contributed by atoms with Gasteiger partial charge in [0.05, 0.1) is 12.4 Å². The van der Waals surface area contributed by atoms with Crippen LogP contribution in [0.4, 0.5) is 5.69 Å². The number of ether oxygens (including phenoxy) is 1. The summed E-state index contributed by atoms with van der Waals surface area (Å²) >= 11 is 1.56. The third kappa shape index (κ3) is 6.22. The molecule has 0 aliphatic carbocycles. The number of benzene rings is 1. The Balaban J connectivity index is 2.19. The lowest BCUT2D eigenvalue weighted by molar-refractivity contribution is -0.141. The van der Waals surface area contributed by atoms with Crippen molar-refractivity contribution in [3.63, 3.8) is 0 Å². The Morgan fingerprint density at radius 1 is 1.35 bits per heavy atom. The van der Waals surface area contributed by atoms with Crippen molar-refractivity contribution in [2.75, 3.05) is 18.1 Å². The summed E-state index contributed by atoms with van der Waals surface area (Å²) in [6.07, 6.45) is 0. The van der Waals surface area contributed by atoms with Gasteiger partial charge >= 0.3 is 5.97 Å². The molecule has 0 bridgehead atoms. The zero-order valence-corrected chi connectivity index (χ0v) is 11.1. The maximum Gasteiger partial charge on any atom is 0.315 e. The molecule has 0 aliphatic rings. The molecule has 17 heavy (non-hydrogen) atoms. The number of rotatable bonds is 6. The van der Waals surface area contributed by atoms with Crippen LogP contribution >= 0.6 is 11.8 Å². The van der Waals surface area contributed by atoms with E-state index >= 15 is 0 Å². The molecule has 4 heteroatoms. The topological polar surface area (TPSA) is 52.3 Å². The first-order valence-corrected chi connectivity index (χ1v) is 6.81. The number of carbonyl (C=O) groups is 1. The monoisotopic (exact) mass is 253 g/mol. The van der Waals surface area contributed by atoms with E-state index in [0.29, 0.717) is 18.3 Å². The molecule has 0 unspecified atom stereocenters. The minimum atomic E-state index is -0.140. The number of esters is 1. The van der Waals surface area contributed by atoms with Crippen molar-refractivity contribution < 1.29 is 9.53 Å². The minimum absolute atomic E-state index is 0.140. The van der Waals surface area contributed by atoms with Gasteiger partial charge in [-0.05, 0) is 23.6 Å². The highest BCUT2D eigenvalue weighted by molar-refractivity contribution is 7.99. The quantitative estimate of drug-likeness (QED) is 0.625. The van der Waals surface area contributed by atoms with E-state index in [1.807, 2.05) is 38.1 Å². The van der Waals surface area contributed by atoms with Crippen LogP contribution in [0.25, 0.3) is 0 Å². The van der Waals surface area contributed by atoms with E-state index in [9.17, 15) is 4.79 Å². The van der Waals surface area contributed by atoms with Crippen LogP contribution in [0, 0.1) is 5.92 Å². The fourth-order valence-corrected chi connectivity index (χ4v) is 1.95. The smallest absolute Gasteiger partial charge is 0.315 e. The summed E-state index contributed by atoms with van der Waals surface area (Å²) in [5, 5.41) is 0. The average Bonchev–Trinajstić information content (AvgIpc) is 2.29. The molecule has 1 aromatic carbocycles. The second kappa shape index (κ2) is 7.22. The molecule has 0 radical (unpaired) electrons. The van der Waals surface area contributed by atoms with Gasteiger partial charge in [-0.2, -0.15) is 0 Å². The van der Waals surface area contributed by atoms with E-state index in [4.69, 9.17) is 10.5 Å². The van der Waals surface area contributed by atoms with Crippen LogP contribution in [0.5, 0.6) is 0 Å². The summed E-state index contributed by atoms with van der Waals surface area (Å²) in [6, 6.07) is 7.68. The maximum atomic E-state index is 11.3. The molecule has 0 heterocycles. The van der Waals surface area contributed by atoms with E-state index in [2.05, 4.69) is 0 Å². The largest absolute Gasteiger partial charge is 0.465 e. The van der Waals surface area contributed by atoms with Gasteiger partial charge in [0, 0.05) is 11.4 Å². The van der Waals surface area contributed by atoms with Crippen LogP contribution < -0.4 is 5.73 Å². The van der Waals surface area contributed by atoms with Crippen molar-refractivity contribution in [3.05, 3.63) is 29.8 Å². The zero-order chi connectivity index (χ0) is 12.7. The first kappa shape index (κ1) is 13.9. The molecule has 0 spiro atoms. The Bertz CT molecular complexity index is 349. The Morgan fingerprint density at radius 3 is 2.59 bits per heavy atom. The molecule has 94 valence electrons. The van der Waals surface area contributed by atoms with E-state index in [1.54, 1.807) is 11.8 Å². The molecule has 0 atom stereocenters. The molecule has 0 aromatic heterocycles. The van der Waals surface area contributed by atoms with Crippen LogP contribution in [0.2, 0.25) is 0 Å². The van der Waals surface area contributed by atoms with Crippen molar-refractivity contribution in [3.8, 4) is 0 Å². The maximum absolute atomic E-state index is 11.3. The van der Waals surface area contributed by atoms with Gasteiger partial charge in [-0.15, -0.1) is 11.8 Å². The summed E-state index contributed by atoms with van der Waals surface area (Å²) in [6.45, 7) is 4.55. The minimum Gasteiger partial charge on any atom is -0.465 e. The van der Waals surface area contributed by atoms with Gasteiger partial charge in [-0.1, -0.05) is 26.0 Å². The fourth-order valence-electron chi connectivity index (χ4n) is 1.17. The first-order chi connectivity index (χ1) is 8.08. The van der Waals surface area contributed by atoms with Gasteiger partial charge in [-0.25, -0.2) is 0 Å². The number of nitrogens with two attached hydrogens (primary N) is 1. The molecule has 0 amide bonds. The molecule has 0 saturated heterocycles. The number of thioether (sulfide) groups is 1. The normalized spacial score (nSPS) is 10.5. The molecule has 0 saturated carbocycles. The Morgan fingerprint density at radius 2 is 2.00 bits per heavy atom. The lowest BCUT2D eigenvalue weighted by Gasteiger charge is -2.07. The average molecular weight is 253 g/mol. The standard InChI is InChI=1S/C13H19NO2S/c1-10(2)7-16-13(15)9-17-8-11-3-5-12(14)6-4-11/h3-6,10H,7-9,14H2,1-2H3. The van der Waals surface area contributed by atoms with Gasteiger partial charge in [0.25, 0.3) is 0 Å². The second-order valence-electron chi connectivity index (χ2n) is 4.31. The molecule has 3 nitrogen and oxygen atoms in total. The lowest BCUT2D eigenvalue weighted by Crippen LogP contribution is -2.11. The van der Waals surface area contributed by atoms with Gasteiger partial charge in [0.15, 0.2) is 0 Å². The molecule has 1 rings (SSSR count). The summed E-state index contributed by atoms with van der Waals surface area (Å²) < 4.78 is 5.08. The number of hydrogen-bond donors (Lipinski definition) is 1. The zero-order valence-electron chi connectivity index (χ0n) is 10.3. The Kier molecular flexibility index (Phi) is 5.91. The molecule has 2 N–H and O–H groups in total. The van der Waals surface area contributed by atoms with Crippen molar-refractivity contribution in [1.82, 2.24) is 0 Å². The van der Waals surface area contributed by atoms with E-state index in [0.717, 1.165) is 11.4 Å². The lowest BCUT2D eigenvalue weighted by atomic mass is 10.2. The van der Waals surface area contributed by atoms with Crippen LogP contribution in [-0.2, 0) is 15.3 Å². The number of hydrogen-bond acceptors (Lipinski definition) is 4. The summed E-state index contributed by atoms with van der Waals surface area (Å²) in [5.41, 5.74) is 7.52. The molecular formula is C13H19NO2S. The molecule has 0 aliphatic heterocycles. The Hall–Kier alpha value is -1.16. The van der Waals surface area contributed by atoms with Crippen LogP contribution in [0.1, 0.15) is 19.4 Å². The SMILES string of the molecule is CC(C)COC(=O)CSCc1ccc(N)cc1. The van der Waals surface area contributed by atoms with Crippen molar-refractivity contribution in [2.45, 2.75) is 19.6 Å². The highest BCUT2D eigenvalue weighted by Gasteiger charge is 2.04. The highest BCUT2D eigenvalue weighted by Crippen LogP contribution is 2.14. The van der Waals surface area contributed by atoms with Crippen LogP contribution in [-0.4, -0.2) is 18.3 Å². The summed E-state index contributed by atoms with van der Waals surface area (Å²) in [4.78, 5) is 11.3. The number of carbonyl (C=O) groups excluding carboxylic acids is 1. The van der Waals surface area contributed by atoms with Gasteiger partial charge in [-0.3, -0.25) is 4.79 Å². The van der Waals surface area contributed by atoms with Crippen molar-refractivity contribution in [2.24, 2.45) is 5.92 Å². The van der Waals surface area contributed by atoms with Crippen molar-refractivity contribution >= 4 is 23.4 Å². The third-order valence-electron chi connectivity index (χ3n) is 2.05. The van der Waals surface area contributed by atoms with E-state index in [1.165, 1.54) is 5.56 Å². The molecular weight excluding hydrogens is 234 g/mol. The first-order valence-electron chi connectivity index (χ1n) is 5.65. The van der Waals surface area contributed by atoms with E-state index < -0.39 is 0 Å². The number of anilines is 1. The second-order valence-corrected chi connectivity index (χ2v) is 5.30. The highest BCUT2D eigenvalue weighted by atomic mass is 32.2. The van der Waals surface area contributed by atoms with E-state index in [-0.39, 0.29) is 5.97 Å². The third-order valence-corrected chi connectivity index (χ3v) is 3.02. The number of nitrogen functional groups attached to an aromatic ring is 1. The molecule has 1 aromatic rings. The van der Waals surface area contributed by atoms with Crippen LogP contribution in [0.15, 0.2) is 24.3 Å². The predicted molar refractivity (Wildman–Crippen MR) is 72.8 cm³/mol. The Labute approximate surface area is 107 Å². The predicted octanol–water partition coefficient (Wildman–Crippen LogP) is 2.70.